The van der Waals surface area contributed by atoms with Gasteiger partial charge in [-0.05, 0) is 31.0 Å². The lowest BCUT2D eigenvalue weighted by molar-refractivity contribution is 0.411. The number of para-hydroxylation sites is 2. The van der Waals surface area contributed by atoms with Crippen molar-refractivity contribution in [3.8, 4) is 11.4 Å². The van der Waals surface area contributed by atoms with Crippen LogP contribution < -0.4 is 4.74 Å². The molecule has 22 heavy (non-hydrogen) atoms. The molecule has 1 aliphatic carbocycles. The number of aromatic nitrogens is 4. The third-order valence-electron chi connectivity index (χ3n) is 4.35. The van der Waals surface area contributed by atoms with Crippen LogP contribution in [0.25, 0.3) is 5.69 Å². The molecule has 0 unspecified atom stereocenters. The number of imidazole rings is 1. The van der Waals surface area contributed by atoms with Crippen molar-refractivity contribution in [3.05, 3.63) is 59.9 Å². The van der Waals surface area contributed by atoms with E-state index in [-0.39, 0.29) is 0 Å². The minimum Gasteiger partial charge on any atom is -0.494 e. The van der Waals surface area contributed by atoms with Gasteiger partial charge in [0.15, 0.2) is 0 Å². The molecule has 0 aliphatic heterocycles. The number of hydrogen-bond acceptors (Lipinski definition) is 3. The first-order chi connectivity index (χ1) is 10.8. The van der Waals surface area contributed by atoms with Gasteiger partial charge in [0.25, 0.3) is 0 Å². The number of aryl methyl sites for hydroxylation is 1. The summed E-state index contributed by atoms with van der Waals surface area (Å²) in [6.45, 7) is 2.05. The summed E-state index contributed by atoms with van der Waals surface area (Å²) in [6.07, 6.45) is 8.00. The Morgan fingerprint density at radius 1 is 1.23 bits per heavy atom. The minimum absolute atomic E-state index is 0.437. The minimum atomic E-state index is 0.437. The van der Waals surface area contributed by atoms with Crippen molar-refractivity contribution in [1.82, 2.24) is 19.3 Å². The maximum absolute atomic E-state index is 5.42. The number of hydrogen-bond donors (Lipinski definition) is 0. The lowest BCUT2D eigenvalue weighted by Crippen LogP contribution is -2.11. The fourth-order valence-corrected chi connectivity index (χ4v) is 3.25. The Balaban J connectivity index is 1.64. The lowest BCUT2D eigenvalue weighted by atomic mass is 10.2. The van der Waals surface area contributed by atoms with Crippen LogP contribution in [-0.2, 0) is 12.8 Å². The fraction of sp³-hybridized carbons (Fsp3) is 0.294. The molecule has 0 saturated heterocycles. The van der Waals surface area contributed by atoms with Gasteiger partial charge in [-0.15, -0.1) is 0 Å². The van der Waals surface area contributed by atoms with E-state index in [9.17, 15) is 0 Å². The molecular weight excluding hydrogens is 276 g/mol. The van der Waals surface area contributed by atoms with Crippen LogP contribution in [0.3, 0.4) is 0 Å². The number of nitrogens with zero attached hydrogens (tertiary/aromatic N) is 4. The molecule has 1 aromatic carbocycles. The zero-order chi connectivity index (χ0) is 15.1. The second-order valence-electron chi connectivity index (χ2n) is 5.66. The van der Waals surface area contributed by atoms with Crippen LogP contribution >= 0.6 is 0 Å². The van der Waals surface area contributed by atoms with E-state index in [1.165, 1.54) is 11.3 Å². The highest BCUT2D eigenvalue weighted by molar-refractivity contribution is 5.47. The smallest absolute Gasteiger partial charge is 0.144 e. The zero-order valence-electron chi connectivity index (χ0n) is 12.7. The number of fused-ring (bicyclic) bond motifs is 1. The van der Waals surface area contributed by atoms with Gasteiger partial charge in [0.2, 0.25) is 0 Å². The predicted molar refractivity (Wildman–Crippen MR) is 83.5 cm³/mol. The van der Waals surface area contributed by atoms with Gasteiger partial charge in [0.05, 0.1) is 12.8 Å². The van der Waals surface area contributed by atoms with Gasteiger partial charge in [0.1, 0.15) is 17.3 Å². The molecule has 5 heteroatoms. The zero-order valence-corrected chi connectivity index (χ0v) is 12.7. The Kier molecular flexibility index (Phi) is 2.99. The van der Waals surface area contributed by atoms with Gasteiger partial charge in [-0.3, -0.25) is 0 Å². The summed E-state index contributed by atoms with van der Waals surface area (Å²) in [5, 5.41) is 4.76. The number of methoxy groups -OCH3 is 1. The molecule has 4 rings (SSSR count). The van der Waals surface area contributed by atoms with Gasteiger partial charge in [-0.2, -0.15) is 5.10 Å². The van der Waals surface area contributed by atoms with Crippen LogP contribution in [0.5, 0.6) is 5.75 Å². The summed E-state index contributed by atoms with van der Waals surface area (Å²) in [4.78, 5) is 4.32. The molecule has 0 radical (unpaired) electrons. The second-order valence-corrected chi connectivity index (χ2v) is 5.66. The largest absolute Gasteiger partial charge is 0.494 e. The van der Waals surface area contributed by atoms with E-state index in [1.807, 2.05) is 42.1 Å². The van der Waals surface area contributed by atoms with Crippen molar-refractivity contribution in [1.29, 1.82) is 0 Å². The average molecular weight is 294 g/mol. The first kappa shape index (κ1) is 13.1. The molecule has 1 aliphatic rings. The van der Waals surface area contributed by atoms with Crippen LogP contribution in [0.15, 0.2) is 42.9 Å². The van der Waals surface area contributed by atoms with E-state index >= 15 is 0 Å². The van der Waals surface area contributed by atoms with Crippen LogP contribution in [0.1, 0.15) is 23.1 Å². The Bertz CT molecular complexity index is 794. The van der Waals surface area contributed by atoms with E-state index in [4.69, 9.17) is 9.84 Å². The maximum atomic E-state index is 5.42. The third kappa shape index (κ3) is 2.01. The molecule has 0 spiro atoms. The van der Waals surface area contributed by atoms with E-state index in [2.05, 4.69) is 21.9 Å². The molecule has 1 atom stereocenters. The lowest BCUT2D eigenvalue weighted by Gasteiger charge is -2.13. The van der Waals surface area contributed by atoms with Gasteiger partial charge in [-0.25, -0.2) is 9.67 Å². The summed E-state index contributed by atoms with van der Waals surface area (Å²) in [5.74, 6) is 1.90. The van der Waals surface area contributed by atoms with Crippen molar-refractivity contribution >= 4 is 0 Å². The second kappa shape index (κ2) is 5.02. The van der Waals surface area contributed by atoms with E-state index in [0.29, 0.717) is 6.04 Å². The van der Waals surface area contributed by atoms with Gasteiger partial charge >= 0.3 is 0 Å². The van der Waals surface area contributed by atoms with Crippen LogP contribution in [0.4, 0.5) is 0 Å². The molecule has 0 saturated carbocycles. The summed E-state index contributed by atoms with van der Waals surface area (Å²) in [5.41, 5.74) is 3.46. The van der Waals surface area contributed by atoms with Crippen molar-refractivity contribution in [3.63, 3.8) is 0 Å². The average Bonchev–Trinajstić information content (AvgIpc) is 3.20. The Labute approximate surface area is 129 Å². The maximum Gasteiger partial charge on any atom is 0.144 e. The first-order valence-electron chi connectivity index (χ1n) is 7.46. The van der Waals surface area contributed by atoms with Crippen LogP contribution in [0, 0.1) is 6.92 Å². The van der Waals surface area contributed by atoms with Gasteiger partial charge in [-0.1, -0.05) is 12.1 Å². The van der Waals surface area contributed by atoms with Gasteiger partial charge < -0.3 is 9.30 Å². The van der Waals surface area contributed by atoms with Crippen molar-refractivity contribution in [2.75, 3.05) is 7.11 Å². The van der Waals surface area contributed by atoms with Crippen LogP contribution in [-0.4, -0.2) is 26.4 Å². The molecule has 0 fully saturated rings. The van der Waals surface area contributed by atoms with Gasteiger partial charge in [0, 0.05) is 31.1 Å². The number of ether oxygens (including phenoxy) is 1. The SMILES string of the molecule is COc1ccccc1-n1cc2c(n1)C[C@@H](n1ccnc1C)C2. The van der Waals surface area contributed by atoms with E-state index in [0.717, 1.165) is 30.1 Å². The Morgan fingerprint density at radius 3 is 2.82 bits per heavy atom. The third-order valence-corrected chi connectivity index (χ3v) is 4.35. The molecule has 0 N–H and O–H groups in total. The quantitative estimate of drug-likeness (QED) is 0.746. The molecule has 3 aromatic rings. The highest BCUT2D eigenvalue weighted by atomic mass is 16.5. The summed E-state index contributed by atoms with van der Waals surface area (Å²) in [6, 6.07) is 8.39. The molecule has 5 nitrogen and oxygen atoms in total. The van der Waals surface area contributed by atoms with Crippen molar-refractivity contribution in [2.24, 2.45) is 0 Å². The summed E-state index contributed by atoms with van der Waals surface area (Å²) < 4.78 is 9.60. The predicted octanol–water partition coefficient (Wildman–Crippen LogP) is 2.73. The summed E-state index contributed by atoms with van der Waals surface area (Å²) >= 11 is 0. The van der Waals surface area contributed by atoms with Crippen molar-refractivity contribution in [2.45, 2.75) is 25.8 Å². The standard InChI is InChI=1S/C17H18N4O/c1-12-18-7-8-20(12)14-9-13-11-21(19-15(13)10-14)16-5-3-4-6-17(16)22-2/h3-8,11,14H,9-10H2,1-2H3/t14-/m0/s1. The van der Waals surface area contributed by atoms with E-state index in [1.54, 1.807) is 7.11 Å². The monoisotopic (exact) mass is 294 g/mol. The highest BCUT2D eigenvalue weighted by Gasteiger charge is 2.27. The topological polar surface area (TPSA) is 44.9 Å². The molecule has 0 amide bonds. The Morgan fingerprint density at radius 2 is 2.09 bits per heavy atom. The molecule has 112 valence electrons. The number of benzene rings is 1. The molecule has 2 aromatic heterocycles. The summed E-state index contributed by atoms with van der Waals surface area (Å²) in [7, 11) is 1.69. The normalized spacial score (nSPS) is 16.7. The van der Waals surface area contributed by atoms with Crippen LogP contribution in [0.2, 0.25) is 0 Å². The first-order valence-corrected chi connectivity index (χ1v) is 7.46. The van der Waals surface area contributed by atoms with E-state index < -0.39 is 0 Å². The molecule has 2 heterocycles. The Hall–Kier alpha value is -2.56. The fourth-order valence-electron chi connectivity index (χ4n) is 3.25. The van der Waals surface area contributed by atoms with Crippen molar-refractivity contribution < 1.29 is 4.74 Å². The molecular formula is C17H18N4O. The highest BCUT2D eigenvalue weighted by Crippen LogP contribution is 2.32. The number of rotatable bonds is 3. The molecule has 0 bridgehead atoms.